The topological polar surface area (TPSA) is 38.8 Å². The van der Waals surface area contributed by atoms with Crippen molar-refractivity contribution in [2.75, 3.05) is 0 Å². The van der Waals surface area contributed by atoms with Crippen LogP contribution in [-0.2, 0) is 19.9 Å². The summed E-state index contributed by atoms with van der Waals surface area (Å²) in [4.78, 5) is 12.4. The molecule has 1 aliphatic rings. The van der Waals surface area contributed by atoms with Crippen LogP contribution in [0.5, 0.6) is 0 Å². The van der Waals surface area contributed by atoms with Crippen LogP contribution in [0.4, 0.5) is 0 Å². The third-order valence-electron chi connectivity index (χ3n) is 3.64. The fourth-order valence-electron chi connectivity index (χ4n) is 2.70. The third kappa shape index (κ3) is 2.64. The van der Waals surface area contributed by atoms with Gasteiger partial charge < -0.3 is 9.47 Å². The van der Waals surface area contributed by atoms with E-state index in [9.17, 15) is 4.79 Å². The summed E-state index contributed by atoms with van der Waals surface area (Å²) in [7, 11) is 0. The fourth-order valence-corrected chi connectivity index (χ4v) is 2.70. The molecule has 0 unspecified atom stereocenters. The van der Waals surface area contributed by atoms with Gasteiger partial charge in [-0.25, -0.2) is 4.79 Å². The van der Waals surface area contributed by atoms with Crippen LogP contribution in [0.15, 0.2) is 60.7 Å². The minimum atomic E-state index is -0.731. The van der Waals surface area contributed by atoms with Gasteiger partial charge in [0.05, 0.1) is 0 Å². The van der Waals surface area contributed by atoms with Gasteiger partial charge in [-0.3, -0.25) is 0 Å². The average Bonchev–Trinajstić information content (AvgIpc) is 3.24. The Balaban J connectivity index is 1.97. The van der Waals surface area contributed by atoms with E-state index in [1.165, 1.54) is 0 Å². The van der Waals surface area contributed by atoms with Crippen molar-refractivity contribution in [2.45, 2.75) is 38.1 Å². The Bertz CT molecular complexity index is 617. The number of rotatable bonds is 3. The van der Waals surface area contributed by atoms with Crippen molar-refractivity contribution in [2.24, 2.45) is 0 Å². The minimum Gasteiger partial charge on any atom is -0.458 e. The number of carbonyl (C=O) groups excluding carboxylic acids is 1. The van der Waals surface area contributed by atoms with Crippen molar-refractivity contribution in [1.29, 1.82) is 0 Å². The quantitative estimate of drug-likeness (QED) is 0.641. The normalized spacial score (nSPS) is 19.5. The molecule has 3 rings (SSSR count). The van der Waals surface area contributed by atoms with Gasteiger partial charge in [0.1, 0.15) is 5.60 Å². The van der Waals surface area contributed by atoms with Crippen molar-refractivity contribution in [3.63, 3.8) is 0 Å². The average molecular weight is 296 g/mol. The van der Waals surface area contributed by atoms with Crippen LogP contribution >= 0.6 is 0 Å². The summed E-state index contributed by atoms with van der Waals surface area (Å²) in [5.41, 5.74) is 0.682. The molecular weight excluding hydrogens is 276 g/mol. The summed E-state index contributed by atoms with van der Waals surface area (Å²) in [6.07, 6.45) is -0.600. The van der Waals surface area contributed by atoms with Crippen LogP contribution < -0.4 is 0 Å². The van der Waals surface area contributed by atoms with Crippen LogP contribution in [0.1, 0.15) is 31.9 Å². The molecule has 0 radical (unpaired) electrons. The monoisotopic (exact) mass is 296 g/mol. The summed E-state index contributed by atoms with van der Waals surface area (Å²) in [5.74, 6) is -0.319. The van der Waals surface area contributed by atoms with E-state index in [0.717, 1.165) is 11.1 Å². The highest BCUT2D eigenvalue weighted by atomic mass is 16.7. The number of hydrogen-bond donors (Lipinski definition) is 0. The lowest BCUT2D eigenvalue weighted by Crippen LogP contribution is -2.30. The molecule has 0 N–H and O–H groups in total. The number of hydrogen-bond acceptors (Lipinski definition) is 3. The van der Waals surface area contributed by atoms with E-state index >= 15 is 0 Å². The second-order valence-corrected chi connectivity index (χ2v) is 6.50. The lowest BCUT2D eigenvalue weighted by atomic mass is 9.88. The molecule has 0 spiro atoms. The maximum absolute atomic E-state index is 12.4. The molecule has 1 atom stereocenters. The Labute approximate surface area is 130 Å². The highest BCUT2D eigenvalue weighted by Gasteiger charge is 2.64. The smallest absolute Gasteiger partial charge is 0.339 e. The van der Waals surface area contributed by atoms with Crippen molar-refractivity contribution in [1.82, 2.24) is 0 Å². The molecule has 0 aromatic heterocycles. The van der Waals surface area contributed by atoms with Gasteiger partial charge in [-0.2, -0.15) is 0 Å². The van der Waals surface area contributed by atoms with E-state index in [1.807, 2.05) is 81.4 Å². The van der Waals surface area contributed by atoms with E-state index in [2.05, 4.69) is 0 Å². The van der Waals surface area contributed by atoms with Gasteiger partial charge in [0.2, 0.25) is 0 Å². The molecule has 114 valence electrons. The van der Waals surface area contributed by atoms with Crippen molar-refractivity contribution < 1.29 is 14.3 Å². The van der Waals surface area contributed by atoms with Gasteiger partial charge in [-0.05, 0) is 31.9 Å². The maximum Gasteiger partial charge on any atom is 0.339 e. The first-order valence-electron chi connectivity index (χ1n) is 7.45. The van der Waals surface area contributed by atoms with Gasteiger partial charge in [0.15, 0.2) is 11.7 Å². The Morgan fingerprint density at radius 3 is 1.82 bits per heavy atom. The molecule has 1 fully saturated rings. The minimum absolute atomic E-state index is 0.319. The maximum atomic E-state index is 12.4. The highest BCUT2D eigenvalue weighted by Crippen LogP contribution is 2.52. The molecule has 3 nitrogen and oxygen atoms in total. The summed E-state index contributed by atoms with van der Waals surface area (Å²) in [6, 6.07) is 19.6. The SMILES string of the molecule is CC(C)(C)OC(=O)[C@@H]1OC1(c1ccccc1)c1ccccc1. The zero-order chi connectivity index (χ0) is 15.8. The molecule has 2 aromatic carbocycles. The molecule has 0 aliphatic carbocycles. The van der Waals surface area contributed by atoms with E-state index < -0.39 is 17.3 Å². The van der Waals surface area contributed by atoms with Gasteiger partial charge in [-0.15, -0.1) is 0 Å². The molecule has 0 saturated carbocycles. The predicted molar refractivity (Wildman–Crippen MR) is 84.4 cm³/mol. The summed E-state index contributed by atoms with van der Waals surface area (Å²) < 4.78 is 11.4. The summed E-state index contributed by atoms with van der Waals surface area (Å²) >= 11 is 0. The molecule has 0 amide bonds. The van der Waals surface area contributed by atoms with Gasteiger partial charge in [0.25, 0.3) is 0 Å². The molecule has 1 aliphatic heterocycles. The van der Waals surface area contributed by atoms with Crippen LogP contribution in [0, 0.1) is 0 Å². The molecule has 2 aromatic rings. The standard InChI is InChI=1S/C19H20O3/c1-18(2,3)22-17(20)16-19(21-16,14-10-6-4-7-11-14)15-12-8-5-9-13-15/h4-13,16H,1-3H3/t16-/m0/s1. The molecule has 0 bridgehead atoms. The Hall–Kier alpha value is -2.13. The van der Waals surface area contributed by atoms with Crippen molar-refractivity contribution in [3.05, 3.63) is 71.8 Å². The molecule has 1 heterocycles. The van der Waals surface area contributed by atoms with Crippen LogP contribution in [0.2, 0.25) is 0 Å². The Morgan fingerprint density at radius 2 is 1.41 bits per heavy atom. The van der Waals surface area contributed by atoms with E-state index in [4.69, 9.17) is 9.47 Å². The third-order valence-corrected chi connectivity index (χ3v) is 3.64. The van der Waals surface area contributed by atoms with Gasteiger partial charge >= 0.3 is 5.97 Å². The molecule has 3 heteroatoms. The van der Waals surface area contributed by atoms with E-state index in [1.54, 1.807) is 0 Å². The number of carbonyl (C=O) groups is 1. The zero-order valence-corrected chi connectivity index (χ0v) is 13.1. The van der Waals surface area contributed by atoms with Crippen LogP contribution in [-0.4, -0.2) is 17.7 Å². The van der Waals surface area contributed by atoms with Gasteiger partial charge in [-0.1, -0.05) is 60.7 Å². The first kappa shape index (κ1) is 14.8. The second-order valence-electron chi connectivity index (χ2n) is 6.50. The predicted octanol–water partition coefficient (Wildman–Crippen LogP) is 3.67. The van der Waals surface area contributed by atoms with Crippen molar-refractivity contribution in [3.8, 4) is 0 Å². The van der Waals surface area contributed by atoms with E-state index in [0.29, 0.717) is 0 Å². The van der Waals surface area contributed by atoms with E-state index in [-0.39, 0.29) is 5.97 Å². The summed E-state index contributed by atoms with van der Waals surface area (Å²) in [6.45, 7) is 5.58. The van der Waals surface area contributed by atoms with Crippen molar-refractivity contribution >= 4 is 5.97 Å². The lowest BCUT2D eigenvalue weighted by Gasteiger charge is -2.20. The Morgan fingerprint density at radius 1 is 0.955 bits per heavy atom. The largest absolute Gasteiger partial charge is 0.458 e. The molecular formula is C19H20O3. The van der Waals surface area contributed by atoms with Crippen LogP contribution in [0.3, 0.4) is 0 Å². The van der Waals surface area contributed by atoms with Gasteiger partial charge in [0, 0.05) is 0 Å². The molecule has 22 heavy (non-hydrogen) atoms. The number of esters is 1. The first-order chi connectivity index (χ1) is 10.4. The zero-order valence-electron chi connectivity index (χ0n) is 13.1. The first-order valence-corrected chi connectivity index (χ1v) is 7.45. The Kier molecular flexibility index (Phi) is 3.53. The number of ether oxygens (including phenoxy) is 2. The van der Waals surface area contributed by atoms with Crippen LogP contribution in [0.25, 0.3) is 0 Å². The summed E-state index contributed by atoms with van der Waals surface area (Å²) in [5, 5.41) is 0. The number of benzene rings is 2. The second kappa shape index (κ2) is 5.25. The fraction of sp³-hybridized carbons (Fsp3) is 0.316. The number of epoxide rings is 1. The highest BCUT2D eigenvalue weighted by molar-refractivity contribution is 5.82. The lowest BCUT2D eigenvalue weighted by molar-refractivity contribution is -0.156. The molecule has 1 saturated heterocycles.